The maximum absolute atomic E-state index is 12.4. The molecule has 0 unspecified atom stereocenters. The van der Waals surface area contributed by atoms with E-state index in [-0.39, 0.29) is 11.8 Å². The van der Waals surface area contributed by atoms with Gasteiger partial charge in [0, 0.05) is 23.1 Å². The Bertz CT molecular complexity index is 1290. The summed E-state index contributed by atoms with van der Waals surface area (Å²) in [5, 5.41) is 10.5. The number of benzene rings is 4. The van der Waals surface area contributed by atoms with Crippen LogP contribution in [0.5, 0.6) is 0 Å². The lowest BCUT2D eigenvalue weighted by Gasteiger charge is -2.27. The minimum Gasteiger partial charge on any atom is -0.478 e. The van der Waals surface area contributed by atoms with E-state index in [1.807, 2.05) is 73.7 Å². The van der Waals surface area contributed by atoms with Crippen molar-refractivity contribution in [2.75, 3.05) is 6.54 Å². The highest BCUT2D eigenvalue weighted by atomic mass is 16.4. The highest BCUT2D eigenvalue weighted by Crippen LogP contribution is 2.30. The molecule has 0 atom stereocenters. The van der Waals surface area contributed by atoms with Crippen LogP contribution in [0.4, 0.5) is 0 Å². The summed E-state index contributed by atoms with van der Waals surface area (Å²) >= 11 is 0. The van der Waals surface area contributed by atoms with Crippen LogP contribution in [0.2, 0.25) is 0 Å². The molecule has 2 amide bonds. The third-order valence-corrected chi connectivity index (χ3v) is 5.83. The Labute approximate surface area is 198 Å². The van der Waals surface area contributed by atoms with Crippen molar-refractivity contribution in [3.8, 4) is 11.1 Å². The molecule has 0 spiro atoms. The van der Waals surface area contributed by atoms with Crippen molar-refractivity contribution in [2.45, 2.75) is 19.8 Å². The molecule has 1 heterocycles. The van der Waals surface area contributed by atoms with E-state index in [0.29, 0.717) is 23.2 Å². The van der Waals surface area contributed by atoms with Gasteiger partial charge in [-0.2, -0.15) is 0 Å². The van der Waals surface area contributed by atoms with Gasteiger partial charge in [0.25, 0.3) is 11.8 Å². The molecular weight excluding hydrogens is 426 g/mol. The first kappa shape index (κ1) is 22.9. The second kappa shape index (κ2) is 10.1. The minimum absolute atomic E-state index is 0.164. The number of carbonyl (C=O) groups excluding carboxylic acids is 2. The number of unbranched alkanes of at least 4 members (excludes halogenated alkanes) is 1. The molecule has 0 aromatic heterocycles. The molecule has 1 aliphatic rings. The number of hydrogen-bond acceptors (Lipinski definition) is 3. The number of carboxylic acid groups (broad SMARTS) is 1. The quantitative estimate of drug-likeness (QED) is 0.362. The van der Waals surface area contributed by atoms with E-state index < -0.39 is 5.97 Å². The van der Waals surface area contributed by atoms with Crippen LogP contribution in [-0.4, -0.2) is 34.3 Å². The molecule has 1 N–H and O–H groups in total. The zero-order valence-corrected chi connectivity index (χ0v) is 18.9. The van der Waals surface area contributed by atoms with E-state index in [1.54, 1.807) is 24.3 Å². The van der Waals surface area contributed by atoms with Crippen LogP contribution in [0.25, 0.3) is 21.9 Å². The first-order chi connectivity index (χ1) is 16.5. The Kier molecular flexibility index (Phi) is 6.83. The summed E-state index contributed by atoms with van der Waals surface area (Å²) in [5.74, 6) is -1.22. The van der Waals surface area contributed by atoms with Crippen LogP contribution in [0.1, 0.15) is 50.8 Å². The van der Waals surface area contributed by atoms with Crippen LogP contribution in [0.3, 0.4) is 0 Å². The average Bonchev–Trinajstić information content (AvgIpc) is 2.88. The first-order valence-electron chi connectivity index (χ1n) is 11.3. The number of carboxylic acids is 1. The van der Waals surface area contributed by atoms with Gasteiger partial charge in [-0.15, -0.1) is 0 Å². The molecular formula is C29H25NO4. The summed E-state index contributed by atoms with van der Waals surface area (Å²) in [7, 11) is 0. The fourth-order valence-electron chi connectivity index (χ4n) is 4.04. The van der Waals surface area contributed by atoms with Crippen LogP contribution >= 0.6 is 0 Å². The number of imide groups is 1. The lowest BCUT2D eigenvalue weighted by molar-refractivity contribution is 0.0606. The van der Waals surface area contributed by atoms with Crippen molar-refractivity contribution in [3.63, 3.8) is 0 Å². The lowest BCUT2D eigenvalue weighted by atomic mass is 9.94. The van der Waals surface area contributed by atoms with Crippen LogP contribution in [-0.2, 0) is 0 Å². The zero-order valence-electron chi connectivity index (χ0n) is 18.9. The van der Waals surface area contributed by atoms with Gasteiger partial charge in [0.05, 0.1) is 5.56 Å². The molecule has 34 heavy (non-hydrogen) atoms. The van der Waals surface area contributed by atoms with E-state index in [1.165, 1.54) is 4.90 Å². The third-order valence-electron chi connectivity index (χ3n) is 5.83. The fraction of sp³-hybridized carbons (Fsp3) is 0.138. The number of nitrogens with zero attached hydrogens (tertiary/aromatic N) is 1. The van der Waals surface area contributed by atoms with Crippen molar-refractivity contribution in [3.05, 3.63) is 108 Å². The minimum atomic E-state index is -0.894. The Morgan fingerprint density at radius 1 is 0.735 bits per heavy atom. The molecule has 5 nitrogen and oxygen atoms in total. The zero-order chi connectivity index (χ0) is 24.1. The predicted molar refractivity (Wildman–Crippen MR) is 133 cm³/mol. The van der Waals surface area contributed by atoms with E-state index in [4.69, 9.17) is 5.11 Å². The first-order valence-corrected chi connectivity index (χ1v) is 11.3. The van der Waals surface area contributed by atoms with Crippen molar-refractivity contribution < 1.29 is 19.5 Å². The van der Waals surface area contributed by atoms with Gasteiger partial charge in [-0.05, 0) is 47.2 Å². The topological polar surface area (TPSA) is 74.7 Å². The molecule has 0 saturated carbocycles. The molecule has 4 aromatic carbocycles. The monoisotopic (exact) mass is 451 g/mol. The van der Waals surface area contributed by atoms with Crippen LogP contribution in [0.15, 0.2) is 91.0 Å². The summed E-state index contributed by atoms with van der Waals surface area (Å²) in [6, 6.07) is 27.9. The highest BCUT2D eigenvalue weighted by Gasteiger charge is 2.31. The number of carbonyl (C=O) groups is 3. The number of rotatable bonds is 5. The molecule has 0 radical (unpaired) electrons. The van der Waals surface area contributed by atoms with Crippen molar-refractivity contribution in [2.24, 2.45) is 0 Å². The number of amides is 2. The maximum atomic E-state index is 12.4. The summed E-state index contributed by atoms with van der Waals surface area (Å²) in [5.41, 5.74) is 3.72. The smallest absolute Gasteiger partial charge is 0.335 e. The van der Waals surface area contributed by atoms with Gasteiger partial charge < -0.3 is 5.11 Å². The van der Waals surface area contributed by atoms with Gasteiger partial charge in [0.15, 0.2) is 0 Å². The van der Waals surface area contributed by atoms with E-state index in [2.05, 4.69) is 0 Å². The fourth-order valence-corrected chi connectivity index (χ4v) is 4.04. The molecule has 170 valence electrons. The number of hydrogen-bond donors (Lipinski definition) is 1. The van der Waals surface area contributed by atoms with E-state index in [9.17, 15) is 14.4 Å². The van der Waals surface area contributed by atoms with Crippen LogP contribution < -0.4 is 0 Å². The third kappa shape index (κ3) is 4.59. The average molecular weight is 452 g/mol. The molecule has 1 aliphatic heterocycles. The van der Waals surface area contributed by atoms with Gasteiger partial charge in [0.1, 0.15) is 0 Å². The van der Waals surface area contributed by atoms with Crippen molar-refractivity contribution >= 4 is 28.6 Å². The number of aromatic carboxylic acids is 1. The molecule has 5 heteroatoms. The summed E-state index contributed by atoms with van der Waals surface area (Å²) < 4.78 is 0. The van der Waals surface area contributed by atoms with E-state index >= 15 is 0 Å². The normalized spacial score (nSPS) is 12.3. The Hall–Kier alpha value is -4.25. The van der Waals surface area contributed by atoms with Gasteiger partial charge in [0.2, 0.25) is 0 Å². The Morgan fingerprint density at radius 3 is 1.82 bits per heavy atom. The largest absolute Gasteiger partial charge is 0.478 e. The lowest BCUT2D eigenvalue weighted by Crippen LogP contribution is -2.40. The van der Waals surface area contributed by atoms with Crippen LogP contribution in [0, 0.1) is 0 Å². The molecule has 0 bridgehead atoms. The predicted octanol–water partition coefficient (Wildman–Crippen LogP) is 6.29. The summed E-state index contributed by atoms with van der Waals surface area (Å²) in [6.45, 7) is 2.55. The molecule has 0 saturated heterocycles. The highest BCUT2D eigenvalue weighted by molar-refractivity contribution is 6.25. The molecule has 4 aromatic rings. The van der Waals surface area contributed by atoms with Gasteiger partial charge in [-0.25, -0.2) is 4.79 Å². The van der Waals surface area contributed by atoms with Gasteiger partial charge in [-0.1, -0.05) is 80.1 Å². The maximum Gasteiger partial charge on any atom is 0.335 e. The second-order valence-corrected chi connectivity index (χ2v) is 8.07. The van der Waals surface area contributed by atoms with E-state index in [0.717, 1.165) is 34.7 Å². The summed E-state index contributed by atoms with van der Waals surface area (Å²) in [6.07, 6.45) is 1.80. The SMILES string of the molecule is CCCCN1C(=O)c2cccc3cccc(c23)C1=O.O=C(O)c1ccc(-c2ccccc2)cc1. The van der Waals surface area contributed by atoms with Gasteiger partial charge in [-0.3, -0.25) is 14.5 Å². The van der Waals surface area contributed by atoms with Gasteiger partial charge >= 0.3 is 5.97 Å². The Balaban J connectivity index is 0.000000166. The summed E-state index contributed by atoms with van der Waals surface area (Å²) in [4.78, 5) is 36.9. The second-order valence-electron chi connectivity index (χ2n) is 8.07. The standard InChI is InChI=1S/C16H15NO2.C13H10O2/c1-2-3-10-17-15(18)12-8-4-6-11-7-5-9-13(14(11)12)16(17)19;14-13(15)12-8-6-11(7-9-12)10-4-2-1-3-5-10/h4-9H,2-3,10H2,1H3;1-9H,(H,14,15). The molecule has 0 fully saturated rings. The van der Waals surface area contributed by atoms with Crippen molar-refractivity contribution in [1.29, 1.82) is 0 Å². The molecule has 0 aliphatic carbocycles. The Morgan fingerprint density at radius 2 is 1.29 bits per heavy atom. The van der Waals surface area contributed by atoms with Crippen molar-refractivity contribution in [1.82, 2.24) is 4.90 Å². The molecule has 5 rings (SSSR count).